The number of rotatable bonds is 24. The smallest absolute Gasteiger partial charge is 0.414 e. The SMILES string of the molecule is CC(C)C(=O)Nc1nc2c(ncn2[C@@H]2O[C@H](CO)[C@@H](O[Si](O[Si](O)(C(C)C)C(C)C)(C(C)C)C(C)C)[C@H]2O[P@](=O)(OCCC#N)OC[C@H]2C[C@@H](Nc3ncncn3)[C@H](F)[C@@H]2O[P+](=O)O)c(=O)[nH]1. The topological polar surface area (TPSA) is 327 Å². The molecule has 67 heavy (non-hydrogen) atoms. The number of hydrogen-bond acceptors (Lipinski definition) is 20. The fourth-order valence-corrected chi connectivity index (χ4v) is 19.9. The van der Waals surface area contributed by atoms with Crippen molar-refractivity contribution in [1.29, 1.82) is 5.26 Å². The van der Waals surface area contributed by atoms with Gasteiger partial charge < -0.3 is 28.5 Å². The highest BCUT2D eigenvalue weighted by atomic mass is 31.2. The van der Waals surface area contributed by atoms with Crippen LogP contribution in [0.2, 0.25) is 22.2 Å². The van der Waals surface area contributed by atoms with Gasteiger partial charge in [0.1, 0.15) is 31.0 Å². The third-order valence-electron chi connectivity index (χ3n) is 11.7. The van der Waals surface area contributed by atoms with Crippen LogP contribution in [0.25, 0.3) is 11.2 Å². The van der Waals surface area contributed by atoms with E-state index in [1.165, 1.54) is 23.5 Å². The standard InChI is InChI=1S/C38H61FN10O14P2Si2/c1-20(2)34(51)47-38-46-33-29(35(52)48-38)44-19-49(33)36-32(31(27(15-50)59-36)62-67(23(7)8,24(9)10)63-66(56,21(3)4)22(5)6)61-65(55,57-13-11-12-40)58-16-25-14-26(28(39)30(25)60-64(53)54)45-37-42-17-41-18-43-37/h17-28,30-32,36,50,56H,11,13-16H2,1-10H3,(H3-,41,42,43,45,46,47,48,51,52,53,54)/p+1/t25-,26-,27-,28+,30-,31-,32-,36-,65-/m1/s1. The summed E-state index contributed by atoms with van der Waals surface area (Å²) in [6, 6.07) is 0.802. The minimum atomic E-state index is -5.03. The number of anilines is 2. The molecular formula is C38H62FN10O14P2Si2+. The molecule has 1 saturated heterocycles. The molecule has 0 aromatic carbocycles. The zero-order valence-electron chi connectivity index (χ0n) is 39.0. The number of alkyl halides is 1. The molecule has 29 heteroatoms. The number of imidazole rings is 1. The Morgan fingerprint density at radius 2 is 1.72 bits per heavy atom. The van der Waals surface area contributed by atoms with Crippen molar-refractivity contribution in [1.82, 2.24) is 34.5 Å². The van der Waals surface area contributed by atoms with E-state index in [1.807, 2.05) is 61.5 Å². The molecule has 1 amide bonds. The van der Waals surface area contributed by atoms with Crippen LogP contribution in [0.15, 0.2) is 23.8 Å². The van der Waals surface area contributed by atoms with E-state index in [0.717, 1.165) is 0 Å². The molecule has 4 heterocycles. The van der Waals surface area contributed by atoms with Gasteiger partial charge in [0.15, 0.2) is 29.7 Å². The molecule has 1 unspecified atom stereocenters. The van der Waals surface area contributed by atoms with Crippen LogP contribution in [-0.4, -0.2) is 129 Å². The summed E-state index contributed by atoms with van der Waals surface area (Å²) >= 11 is 0. The molecule has 10 atom stereocenters. The predicted octanol–water partition coefficient (Wildman–Crippen LogP) is 5.02. The van der Waals surface area contributed by atoms with Crippen LogP contribution in [0.4, 0.5) is 16.3 Å². The van der Waals surface area contributed by atoms with Crippen molar-refractivity contribution >= 4 is 62.2 Å². The number of halogens is 1. The number of phosphoric acid groups is 1. The van der Waals surface area contributed by atoms with Gasteiger partial charge in [-0.25, -0.2) is 28.9 Å². The Morgan fingerprint density at radius 1 is 1.06 bits per heavy atom. The number of fused-ring (bicyclic) bond motifs is 1. The fraction of sp³-hybridized carbons (Fsp3) is 0.737. The number of phosphoric ester groups is 1. The van der Waals surface area contributed by atoms with E-state index in [0.29, 0.717) is 0 Å². The molecule has 3 aromatic rings. The lowest BCUT2D eigenvalue weighted by atomic mass is 10.1. The van der Waals surface area contributed by atoms with Crippen molar-refractivity contribution < 1.29 is 64.5 Å². The van der Waals surface area contributed by atoms with Crippen LogP contribution >= 0.6 is 16.1 Å². The molecule has 2 aliphatic rings. The molecule has 2 fully saturated rings. The fourth-order valence-electron chi connectivity index (χ4n) is 8.08. The number of ether oxygens (including phenoxy) is 1. The number of aliphatic hydroxyl groups excluding tert-OH is 1. The number of nitrogens with zero attached hydrogens (tertiary/aromatic N) is 7. The van der Waals surface area contributed by atoms with Gasteiger partial charge in [-0.1, -0.05) is 69.2 Å². The lowest BCUT2D eigenvalue weighted by Gasteiger charge is -2.47. The van der Waals surface area contributed by atoms with Gasteiger partial charge in [0.05, 0.1) is 44.7 Å². The minimum absolute atomic E-state index is 0.00850. The second-order valence-electron chi connectivity index (χ2n) is 17.9. The summed E-state index contributed by atoms with van der Waals surface area (Å²) in [5.74, 6) is -2.26. The Balaban J connectivity index is 1.64. The van der Waals surface area contributed by atoms with E-state index < -0.39 is 119 Å². The predicted molar refractivity (Wildman–Crippen MR) is 242 cm³/mol. The van der Waals surface area contributed by atoms with Gasteiger partial charge in [-0.3, -0.25) is 38.0 Å². The Kier molecular flexibility index (Phi) is 18.6. The van der Waals surface area contributed by atoms with Crippen molar-refractivity contribution in [2.75, 3.05) is 30.5 Å². The van der Waals surface area contributed by atoms with Gasteiger partial charge in [0.25, 0.3) is 5.56 Å². The summed E-state index contributed by atoms with van der Waals surface area (Å²) in [5.41, 5.74) is -2.41. The largest absolute Gasteiger partial charge is 0.695 e. The molecule has 6 N–H and O–H groups in total. The van der Waals surface area contributed by atoms with E-state index in [2.05, 4.69) is 40.5 Å². The lowest BCUT2D eigenvalue weighted by molar-refractivity contribution is -0.118. The van der Waals surface area contributed by atoms with E-state index in [1.54, 1.807) is 13.8 Å². The molecular weight excluding hydrogens is 958 g/mol. The number of carbonyl (C=O) groups excluding carboxylic acids is 1. The van der Waals surface area contributed by atoms with Gasteiger partial charge in [-0.05, 0) is 28.6 Å². The second-order valence-corrected chi connectivity index (χ2v) is 28.8. The number of aromatic amines is 1. The highest BCUT2D eigenvalue weighted by Gasteiger charge is 2.60. The van der Waals surface area contributed by atoms with E-state index >= 15 is 8.96 Å². The second kappa shape index (κ2) is 22.9. The summed E-state index contributed by atoms with van der Waals surface area (Å²) in [6.45, 7) is 16.4. The van der Waals surface area contributed by atoms with Crippen LogP contribution in [0, 0.1) is 23.2 Å². The van der Waals surface area contributed by atoms with Crippen molar-refractivity contribution in [3.05, 3.63) is 29.3 Å². The van der Waals surface area contributed by atoms with Crippen molar-refractivity contribution in [2.45, 2.75) is 147 Å². The zero-order valence-corrected chi connectivity index (χ0v) is 42.8. The van der Waals surface area contributed by atoms with Crippen LogP contribution in [0.1, 0.15) is 88.3 Å². The molecule has 3 aromatic heterocycles. The first kappa shape index (κ1) is 54.4. The first-order chi connectivity index (χ1) is 31.5. The molecule has 372 valence electrons. The van der Waals surface area contributed by atoms with Gasteiger partial charge in [-0.2, -0.15) is 10.2 Å². The summed E-state index contributed by atoms with van der Waals surface area (Å²) < 4.78 is 88.3. The molecule has 24 nitrogen and oxygen atoms in total. The van der Waals surface area contributed by atoms with Crippen molar-refractivity contribution in [3.8, 4) is 6.07 Å². The van der Waals surface area contributed by atoms with E-state index in [9.17, 15) is 34.2 Å². The highest BCUT2D eigenvalue weighted by molar-refractivity contribution is 7.48. The molecule has 1 saturated carbocycles. The van der Waals surface area contributed by atoms with Gasteiger partial charge >= 0.3 is 33.2 Å². The van der Waals surface area contributed by atoms with Gasteiger partial charge in [0, 0.05) is 16.4 Å². The van der Waals surface area contributed by atoms with Crippen LogP contribution < -0.4 is 16.2 Å². The first-order valence-electron chi connectivity index (χ1n) is 21.9. The molecule has 5 rings (SSSR count). The van der Waals surface area contributed by atoms with Crippen molar-refractivity contribution in [2.24, 2.45) is 11.8 Å². The first-order valence-corrected chi connectivity index (χ1v) is 28.5. The van der Waals surface area contributed by atoms with Crippen LogP contribution in [0.5, 0.6) is 0 Å². The monoisotopic (exact) mass is 1020 g/mol. The Morgan fingerprint density at radius 3 is 2.28 bits per heavy atom. The van der Waals surface area contributed by atoms with E-state index in [4.69, 9.17) is 31.4 Å². The summed E-state index contributed by atoms with van der Waals surface area (Å²) in [4.78, 5) is 70.9. The maximum atomic E-state index is 16.0. The number of hydrogen-bond donors (Lipinski definition) is 6. The van der Waals surface area contributed by atoms with E-state index in [-0.39, 0.29) is 58.1 Å². The lowest BCUT2D eigenvalue weighted by Crippen LogP contribution is -2.62. The van der Waals surface area contributed by atoms with Crippen molar-refractivity contribution in [3.63, 3.8) is 0 Å². The average molecular weight is 1020 g/mol. The number of H-pyrrole nitrogens is 1. The third-order valence-corrected chi connectivity index (χ3v) is 23.4. The quantitative estimate of drug-likeness (QED) is 0.0390. The Bertz CT molecular complexity index is 2300. The Hall–Kier alpha value is -3.59. The minimum Gasteiger partial charge on any atom is -0.414 e. The van der Waals surface area contributed by atoms with Gasteiger partial charge in [-0.15, -0.1) is 9.42 Å². The number of nitrogens with one attached hydrogen (secondary N) is 3. The zero-order chi connectivity index (χ0) is 49.6. The molecule has 1 aliphatic heterocycles. The summed E-state index contributed by atoms with van der Waals surface area (Å²) in [5, 5.41) is 25.9. The average Bonchev–Trinajstić information content (AvgIpc) is 3.92. The molecule has 0 spiro atoms. The third kappa shape index (κ3) is 12.4. The molecule has 0 bridgehead atoms. The number of aliphatic hydroxyl groups is 1. The Labute approximate surface area is 390 Å². The maximum Gasteiger partial charge on any atom is 0.695 e. The molecule has 0 radical (unpaired) electrons. The van der Waals surface area contributed by atoms with Crippen LogP contribution in [0.3, 0.4) is 0 Å². The number of carbonyl (C=O) groups is 1. The normalized spacial score (nSPS) is 24.8. The maximum absolute atomic E-state index is 16.0. The number of amides is 1. The summed E-state index contributed by atoms with van der Waals surface area (Å²) in [6.07, 6.45) is -6.27. The summed E-state index contributed by atoms with van der Waals surface area (Å²) in [7, 11) is -15.7. The number of aromatic nitrogens is 7. The van der Waals surface area contributed by atoms with Crippen LogP contribution in [-0.2, 0) is 45.3 Å². The number of nitriles is 1. The van der Waals surface area contributed by atoms with Gasteiger partial charge in [0.2, 0.25) is 17.8 Å². The molecule has 1 aliphatic carbocycles. The highest BCUT2D eigenvalue weighted by Crippen LogP contribution is 2.56.